The maximum atomic E-state index is 12.0. The van der Waals surface area contributed by atoms with Crippen molar-refractivity contribution in [2.75, 3.05) is 25.6 Å². The molecule has 0 radical (unpaired) electrons. The van der Waals surface area contributed by atoms with Crippen molar-refractivity contribution < 1.29 is 14.5 Å². The lowest BCUT2D eigenvalue weighted by Gasteiger charge is -2.13. The first-order chi connectivity index (χ1) is 11.5. The Balaban J connectivity index is 2.03. The summed E-state index contributed by atoms with van der Waals surface area (Å²) < 4.78 is 5.12. The van der Waals surface area contributed by atoms with Crippen LogP contribution in [0.4, 0.5) is 11.4 Å². The van der Waals surface area contributed by atoms with E-state index in [4.69, 9.17) is 4.74 Å². The van der Waals surface area contributed by atoms with E-state index >= 15 is 0 Å². The zero-order valence-electron chi connectivity index (χ0n) is 13.5. The topological polar surface area (TPSA) is 72.7 Å². The molecular weight excluding hydrogens is 308 g/mol. The van der Waals surface area contributed by atoms with Crippen LogP contribution in [0.3, 0.4) is 0 Å². The molecule has 124 valence electrons. The van der Waals surface area contributed by atoms with Gasteiger partial charge in [0.25, 0.3) is 5.69 Å². The van der Waals surface area contributed by atoms with Crippen LogP contribution >= 0.6 is 0 Å². The Morgan fingerprint density at radius 2 is 1.92 bits per heavy atom. The quantitative estimate of drug-likeness (QED) is 0.461. The number of nitro benzene ring substituents is 1. The number of anilines is 1. The second-order valence-corrected chi connectivity index (χ2v) is 5.27. The third kappa shape index (κ3) is 4.42. The van der Waals surface area contributed by atoms with E-state index in [0.717, 1.165) is 5.56 Å². The molecule has 0 aromatic heterocycles. The largest absolute Gasteiger partial charge is 0.458 e. The third-order valence-electron chi connectivity index (χ3n) is 3.31. The summed E-state index contributed by atoms with van der Waals surface area (Å²) in [5.74, 6) is -0.596. The Hall–Kier alpha value is -3.15. The van der Waals surface area contributed by atoms with E-state index in [1.165, 1.54) is 18.2 Å². The first-order valence-electron chi connectivity index (χ1n) is 7.33. The van der Waals surface area contributed by atoms with Gasteiger partial charge in [-0.1, -0.05) is 36.4 Å². The summed E-state index contributed by atoms with van der Waals surface area (Å²) in [6.45, 7) is 0.0942. The van der Waals surface area contributed by atoms with Gasteiger partial charge in [-0.3, -0.25) is 10.1 Å². The monoisotopic (exact) mass is 326 g/mol. The predicted molar refractivity (Wildman–Crippen MR) is 93.2 cm³/mol. The van der Waals surface area contributed by atoms with Crippen LogP contribution in [0.2, 0.25) is 0 Å². The van der Waals surface area contributed by atoms with Crippen molar-refractivity contribution in [1.29, 1.82) is 0 Å². The van der Waals surface area contributed by atoms with Gasteiger partial charge in [0.2, 0.25) is 0 Å². The van der Waals surface area contributed by atoms with Crippen LogP contribution in [0.25, 0.3) is 6.08 Å². The molecular formula is C18H18N2O4. The van der Waals surface area contributed by atoms with Gasteiger partial charge in [-0.15, -0.1) is 0 Å². The number of hydrogen-bond donors (Lipinski definition) is 0. The molecule has 24 heavy (non-hydrogen) atoms. The number of hydrogen-bond acceptors (Lipinski definition) is 5. The average molecular weight is 326 g/mol. The van der Waals surface area contributed by atoms with Crippen molar-refractivity contribution in [2.45, 2.75) is 0 Å². The van der Waals surface area contributed by atoms with Crippen LogP contribution in [-0.4, -0.2) is 31.6 Å². The number of carbonyl (C=O) groups excluding carboxylic acids is 1. The van der Waals surface area contributed by atoms with Gasteiger partial charge in [0, 0.05) is 20.2 Å². The van der Waals surface area contributed by atoms with Crippen LogP contribution in [0.1, 0.15) is 15.9 Å². The minimum absolute atomic E-state index is 0.0942. The molecule has 0 saturated heterocycles. The van der Waals surface area contributed by atoms with Gasteiger partial charge in [0.05, 0.1) is 10.5 Å². The molecule has 2 aromatic carbocycles. The molecule has 6 nitrogen and oxygen atoms in total. The summed E-state index contributed by atoms with van der Waals surface area (Å²) >= 11 is 0. The number of carbonyl (C=O) groups is 1. The highest BCUT2D eigenvalue weighted by atomic mass is 16.6. The fraction of sp³-hybridized carbons (Fsp3) is 0.167. The molecule has 0 unspecified atom stereocenters. The molecule has 6 heteroatoms. The minimum atomic E-state index is -0.596. The Kier molecular flexibility index (Phi) is 5.68. The Labute approximate surface area is 140 Å². The molecule has 0 saturated carbocycles. The molecule has 2 rings (SSSR count). The van der Waals surface area contributed by atoms with Gasteiger partial charge in [-0.05, 0) is 23.8 Å². The van der Waals surface area contributed by atoms with E-state index in [0.29, 0.717) is 5.69 Å². The number of nitrogens with zero attached hydrogens (tertiary/aromatic N) is 2. The molecule has 0 amide bonds. The normalized spacial score (nSPS) is 10.6. The molecule has 0 aliphatic rings. The molecule has 0 N–H and O–H groups in total. The van der Waals surface area contributed by atoms with Crippen LogP contribution in [0.5, 0.6) is 0 Å². The van der Waals surface area contributed by atoms with E-state index in [2.05, 4.69) is 0 Å². The van der Waals surface area contributed by atoms with Crippen LogP contribution in [0.15, 0.2) is 54.6 Å². The molecule has 0 atom stereocenters. The van der Waals surface area contributed by atoms with Gasteiger partial charge in [-0.2, -0.15) is 0 Å². The molecule has 0 bridgehead atoms. The van der Waals surface area contributed by atoms with Gasteiger partial charge >= 0.3 is 5.97 Å². The second-order valence-electron chi connectivity index (χ2n) is 5.27. The van der Waals surface area contributed by atoms with E-state index in [-0.39, 0.29) is 17.9 Å². The third-order valence-corrected chi connectivity index (χ3v) is 3.31. The Morgan fingerprint density at radius 3 is 2.54 bits per heavy atom. The Bertz CT molecular complexity index is 755. The summed E-state index contributed by atoms with van der Waals surface area (Å²) in [5.41, 5.74) is 1.45. The molecule has 0 fully saturated rings. The first kappa shape index (κ1) is 17.2. The van der Waals surface area contributed by atoms with Crippen LogP contribution < -0.4 is 4.90 Å². The first-order valence-corrected chi connectivity index (χ1v) is 7.33. The number of esters is 1. The predicted octanol–water partition coefficient (Wildman–Crippen LogP) is 3.53. The number of nitro groups is 1. The van der Waals surface area contributed by atoms with Gasteiger partial charge in [0.1, 0.15) is 12.3 Å². The highest BCUT2D eigenvalue weighted by Crippen LogP contribution is 2.27. The molecule has 0 heterocycles. The lowest BCUT2D eigenvalue weighted by Crippen LogP contribution is -2.12. The van der Waals surface area contributed by atoms with Gasteiger partial charge in [-0.25, -0.2) is 4.79 Å². The highest BCUT2D eigenvalue weighted by molar-refractivity contribution is 5.91. The summed E-state index contributed by atoms with van der Waals surface area (Å²) in [7, 11) is 3.41. The lowest BCUT2D eigenvalue weighted by molar-refractivity contribution is -0.384. The summed E-state index contributed by atoms with van der Waals surface area (Å²) in [6.07, 6.45) is 3.56. The zero-order chi connectivity index (χ0) is 17.5. The Morgan fingerprint density at radius 1 is 1.21 bits per heavy atom. The maximum absolute atomic E-state index is 12.0. The van der Waals surface area contributed by atoms with Gasteiger partial charge < -0.3 is 9.64 Å². The fourth-order valence-electron chi connectivity index (χ4n) is 2.13. The zero-order valence-corrected chi connectivity index (χ0v) is 13.5. The average Bonchev–Trinajstić information content (AvgIpc) is 2.58. The van der Waals surface area contributed by atoms with E-state index in [1.54, 1.807) is 25.1 Å². The van der Waals surface area contributed by atoms with Crippen molar-refractivity contribution in [3.8, 4) is 0 Å². The maximum Gasteiger partial charge on any atom is 0.338 e. The van der Waals surface area contributed by atoms with Crippen molar-refractivity contribution >= 4 is 23.4 Å². The van der Waals surface area contributed by atoms with Crippen LogP contribution in [-0.2, 0) is 4.74 Å². The smallest absolute Gasteiger partial charge is 0.338 e. The summed E-state index contributed by atoms with van der Waals surface area (Å²) in [4.78, 5) is 24.3. The molecule has 0 aliphatic heterocycles. The van der Waals surface area contributed by atoms with Crippen molar-refractivity contribution in [2.24, 2.45) is 0 Å². The fourth-order valence-corrected chi connectivity index (χ4v) is 2.13. The van der Waals surface area contributed by atoms with Crippen molar-refractivity contribution in [3.05, 3.63) is 75.8 Å². The minimum Gasteiger partial charge on any atom is -0.458 e. The van der Waals surface area contributed by atoms with Gasteiger partial charge in [0.15, 0.2) is 0 Å². The van der Waals surface area contributed by atoms with E-state index in [1.807, 2.05) is 36.4 Å². The summed E-state index contributed by atoms with van der Waals surface area (Å²) in [6, 6.07) is 13.9. The number of benzene rings is 2. The second kappa shape index (κ2) is 7.92. The van der Waals surface area contributed by atoms with Crippen molar-refractivity contribution in [3.63, 3.8) is 0 Å². The SMILES string of the molecule is CN(C)c1ccc(C(=O)OC/C=C/c2ccccc2)cc1[N+](=O)[O-]. The number of ether oxygens (including phenoxy) is 1. The molecule has 0 aliphatic carbocycles. The van der Waals surface area contributed by atoms with Crippen LogP contribution in [0, 0.1) is 10.1 Å². The van der Waals surface area contributed by atoms with Crippen molar-refractivity contribution in [1.82, 2.24) is 0 Å². The highest BCUT2D eigenvalue weighted by Gasteiger charge is 2.19. The standard InChI is InChI=1S/C18H18N2O4/c1-19(2)16-11-10-15(13-17(16)20(22)23)18(21)24-12-6-9-14-7-4-3-5-8-14/h3-11,13H,12H2,1-2H3/b9-6+. The number of rotatable bonds is 6. The molecule has 2 aromatic rings. The van der Waals surface area contributed by atoms with E-state index < -0.39 is 10.9 Å². The van der Waals surface area contributed by atoms with E-state index in [9.17, 15) is 14.9 Å². The molecule has 0 spiro atoms. The summed E-state index contributed by atoms with van der Waals surface area (Å²) in [5, 5.41) is 11.1. The lowest BCUT2D eigenvalue weighted by atomic mass is 10.1.